The third kappa shape index (κ3) is 3.86. The largest absolute Gasteiger partial charge is 0.383 e. The molecule has 1 amide bonds. The molecule has 0 N–H and O–H groups in total. The number of aromatic nitrogens is 1. The third-order valence-electron chi connectivity index (χ3n) is 3.99. The zero-order valence-electron chi connectivity index (χ0n) is 14.7. The minimum Gasteiger partial charge on any atom is -0.383 e. The lowest BCUT2D eigenvalue weighted by Crippen LogP contribution is -2.19. The fraction of sp³-hybridized carbons (Fsp3) is 0.263. The number of carbonyl (C=O) groups is 1. The van der Waals surface area contributed by atoms with Crippen molar-refractivity contribution in [1.82, 2.24) is 4.57 Å². The number of nitrogens with zero attached hydrogens (tertiary/aromatic N) is 2. The first-order chi connectivity index (χ1) is 12.4. The quantitative estimate of drug-likeness (QED) is 0.608. The zero-order chi connectivity index (χ0) is 18.8. The predicted octanol–water partition coefficient (Wildman–Crippen LogP) is 5.01. The highest BCUT2D eigenvalue weighted by Gasteiger charge is 2.13. The molecule has 1 aromatic heterocycles. The van der Waals surface area contributed by atoms with Crippen molar-refractivity contribution in [3.63, 3.8) is 0 Å². The Morgan fingerprint density at radius 2 is 2.00 bits per heavy atom. The van der Waals surface area contributed by atoms with E-state index in [0.717, 1.165) is 21.3 Å². The van der Waals surface area contributed by atoms with E-state index >= 15 is 0 Å². The molecule has 0 radical (unpaired) electrons. The van der Waals surface area contributed by atoms with Gasteiger partial charge in [0.2, 0.25) is 0 Å². The van der Waals surface area contributed by atoms with E-state index in [1.807, 2.05) is 4.57 Å². The molecule has 3 aromatic rings. The minimum atomic E-state index is -0.390. The van der Waals surface area contributed by atoms with Crippen LogP contribution in [0.3, 0.4) is 0 Å². The van der Waals surface area contributed by atoms with Crippen molar-refractivity contribution in [3.05, 3.63) is 61.9 Å². The summed E-state index contributed by atoms with van der Waals surface area (Å²) < 4.78 is 8.35. The van der Waals surface area contributed by atoms with Crippen LogP contribution in [0.1, 0.15) is 21.5 Å². The Bertz CT molecular complexity index is 1050. The third-order valence-corrected chi connectivity index (χ3v) is 5.77. The lowest BCUT2D eigenvalue weighted by molar-refractivity contribution is 0.0997. The number of methoxy groups -OCH3 is 1. The topological polar surface area (TPSA) is 43.6 Å². The Morgan fingerprint density at radius 3 is 2.69 bits per heavy atom. The molecule has 0 aliphatic heterocycles. The number of rotatable bonds is 4. The van der Waals surface area contributed by atoms with Crippen LogP contribution in [-0.2, 0) is 11.3 Å². The van der Waals surface area contributed by atoms with Gasteiger partial charge in [0.05, 0.1) is 27.4 Å². The number of hydrogen-bond acceptors (Lipinski definition) is 3. The van der Waals surface area contributed by atoms with Crippen molar-refractivity contribution in [1.29, 1.82) is 0 Å². The van der Waals surface area contributed by atoms with Gasteiger partial charge in [-0.15, -0.1) is 0 Å². The summed E-state index contributed by atoms with van der Waals surface area (Å²) in [6.07, 6.45) is 0. The molecule has 1 heterocycles. The van der Waals surface area contributed by atoms with E-state index in [1.54, 1.807) is 25.3 Å². The Labute approximate surface area is 165 Å². The van der Waals surface area contributed by atoms with Crippen LogP contribution in [-0.4, -0.2) is 24.2 Å². The second-order valence-electron chi connectivity index (χ2n) is 6.00. The first-order valence-corrected chi connectivity index (χ1v) is 9.61. The number of carbonyl (C=O) groups excluding carboxylic acids is 1. The second-order valence-corrected chi connectivity index (χ2v) is 7.82. The summed E-state index contributed by atoms with van der Waals surface area (Å²) >= 11 is 13.6. The molecule has 0 fully saturated rings. The van der Waals surface area contributed by atoms with Crippen LogP contribution < -0.4 is 4.80 Å². The molecule has 0 aliphatic carbocycles. The molecule has 4 nitrogen and oxygen atoms in total. The molecule has 0 bridgehead atoms. The van der Waals surface area contributed by atoms with Crippen LogP contribution in [0.2, 0.25) is 10.0 Å². The maximum atomic E-state index is 12.7. The monoisotopic (exact) mass is 408 g/mol. The van der Waals surface area contributed by atoms with Crippen LogP contribution in [0.15, 0.2) is 35.3 Å². The molecule has 0 unspecified atom stereocenters. The molecule has 0 spiro atoms. The molecule has 0 saturated carbocycles. The zero-order valence-corrected chi connectivity index (χ0v) is 17.0. The smallest absolute Gasteiger partial charge is 0.281 e. The van der Waals surface area contributed by atoms with Crippen LogP contribution in [0, 0.1) is 13.8 Å². The van der Waals surface area contributed by atoms with Gasteiger partial charge in [0, 0.05) is 18.7 Å². The van der Waals surface area contributed by atoms with E-state index < -0.39 is 5.91 Å². The van der Waals surface area contributed by atoms with Gasteiger partial charge in [-0.05, 0) is 49.2 Å². The lowest BCUT2D eigenvalue weighted by atomic mass is 10.1. The Morgan fingerprint density at radius 1 is 1.23 bits per heavy atom. The van der Waals surface area contributed by atoms with E-state index in [4.69, 9.17) is 27.9 Å². The van der Waals surface area contributed by atoms with Gasteiger partial charge >= 0.3 is 0 Å². The molecule has 136 valence electrons. The van der Waals surface area contributed by atoms with Crippen molar-refractivity contribution < 1.29 is 9.53 Å². The molecule has 0 saturated heterocycles. The maximum absolute atomic E-state index is 12.7. The summed E-state index contributed by atoms with van der Waals surface area (Å²) in [6, 6.07) is 9.00. The molecule has 2 aromatic carbocycles. The number of aryl methyl sites for hydroxylation is 2. The molecule has 0 aliphatic rings. The van der Waals surface area contributed by atoms with E-state index in [2.05, 4.69) is 31.0 Å². The molecule has 3 rings (SSSR count). The second kappa shape index (κ2) is 7.92. The first kappa shape index (κ1) is 19.1. The van der Waals surface area contributed by atoms with Gasteiger partial charge in [0.15, 0.2) is 4.80 Å². The molecular weight excluding hydrogens is 391 g/mol. The Balaban J connectivity index is 2.17. The summed E-state index contributed by atoms with van der Waals surface area (Å²) in [5.41, 5.74) is 3.71. The summed E-state index contributed by atoms with van der Waals surface area (Å²) in [6.45, 7) is 5.26. The highest BCUT2D eigenvalue weighted by Crippen LogP contribution is 2.24. The van der Waals surface area contributed by atoms with Gasteiger partial charge in [-0.25, -0.2) is 0 Å². The molecule has 26 heavy (non-hydrogen) atoms. The Kier molecular flexibility index (Phi) is 5.82. The average molecular weight is 409 g/mol. The summed E-state index contributed by atoms with van der Waals surface area (Å²) in [5, 5.41) is 0.775. The summed E-state index contributed by atoms with van der Waals surface area (Å²) in [5.74, 6) is -0.390. The Hall–Kier alpha value is -1.66. The van der Waals surface area contributed by atoms with Crippen molar-refractivity contribution in [2.45, 2.75) is 20.4 Å². The van der Waals surface area contributed by atoms with Crippen molar-refractivity contribution >= 4 is 50.7 Å². The number of ether oxygens (including phenoxy) is 1. The number of hydrogen-bond donors (Lipinski definition) is 0. The minimum absolute atomic E-state index is 0.294. The van der Waals surface area contributed by atoms with Crippen molar-refractivity contribution in [2.75, 3.05) is 13.7 Å². The number of amides is 1. The van der Waals surface area contributed by atoms with Crippen molar-refractivity contribution in [3.8, 4) is 0 Å². The average Bonchev–Trinajstić information content (AvgIpc) is 2.90. The molecular formula is C19H18Cl2N2O2S. The first-order valence-electron chi connectivity index (χ1n) is 8.04. The van der Waals surface area contributed by atoms with E-state index in [0.29, 0.717) is 33.6 Å². The number of thiazole rings is 1. The highest BCUT2D eigenvalue weighted by molar-refractivity contribution is 7.16. The summed E-state index contributed by atoms with van der Waals surface area (Å²) in [4.78, 5) is 17.6. The number of fused-ring (bicyclic) bond motifs is 1. The van der Waals surface area contributed by atoms with Gasteiger partial charge in [-0.3, -0.25) is 4.79 Å². The van der Waals surface area contributed by atoms with E-state index in [9.17, 15) is 4.79 Å². The number of halogens is 2. The van der Waals surface area contributed by atoms with Gasteiger partial charge in [-0.1, -0.05) is 40.6 Å². The van der Waals surface area contributed by atoms with Gasteiger partial charge in [-0.2, -0.15) is 4.99 Å². The highest BCUT2D eigenvalue weighted by atomic mass is 35.5. The molecule has 7 heteroatoms. The SMILES string of the molecule is COCCn1c(=NC(=O)c2ccc(Cl)cc2Cl)sc2c(C)cc(C)cc21. The van der Waals surface area contributed by atoms with Crippen molar-refractivity contribution in [2.24, 2.45) is 4.99 Å². The fourth-order valence-corrected chi connectivity index (χ4v) is 4.40. The fourth-order valence-electron chi connectivity index (χ4n) is 2.81. The van der Waals surface area contributed by atoms with Crippen LogP contribution in [0.25, 0.3) is 10.2 Å². The maximum Gasteiger partial charge on any atom is 0.281 e. The lowest BCUT2D eigenvalue weighted by Gasteiger charge is -2.06. The van der Waals surface area contributed by atoms with E-state index in [-0.39, 0.29) is 0 Å². The number of benzene rings is 2. The van der Waals surface area contributed by atoms with E-state index in [1.165, 1.54) is 11.3 Å². The predicted molar refractivity (Wildman–Crippen MR) is 108 cm³/mol. The van der Waals surface area contributed by atoms with Gasteiger partial charge in [0.1, 0.15) is 0 Å². The normalized spacial score (nSPS) is 12.1. The standard InChI is InChI=1S/C19H18Cl2N2O2S/c1-11-8-12(2)17-16(9-11)23(6-7-25-3)19(26-17)22-18(24)14-5-4-13(20)10-15(14)21/h4-5,8-10H,6-7H2,1-3H3. The van der Waals surface area contributed by atoms with Crippen LogP contribution in [0.5, 0.6) is 0 Å². The summed E-state index contributed by atoms with van der Waals surface area (Å²) in [7, 11) is 1.65. The van der Waals surface area contributed by atoms with Gasteiger partial charge < -0.3 is 9.30 Å². The van der Waals surface area contributed by atoms with Gasteiger partial charge in [0.25, 0.3) is 5.91 Å². The molecule has 0 atom stereocenters. The van der Waals surface area contributed by atoms with Crippen LogP contribution >= 0.6 is 34.5 Å². The van der Waals surface area contributed by atoms with Crippen LogP contribution in [0.4, 0.5) is 0 Å².